The number of methoxy groups -OCH3 is 1. The topological polar surface area (TPSA) is 112 Å². The highest BCUT2D eigenvalue weighted by atomic mass is 19.1. The van der Waals surface area contributed by atoms with Crippen molar-refractivity contribution in [1.29, 1.82) is 0 Å². The predicted molar refractivity (Wildman–Crippen MR) is 133 cm³/mol. The predicted octanol–water partition coefficient (Wildman–Crippen LogP) is 3.25. The summed E-state index contributed by atoms with van der Waals surface area (Å²) in [4.78, 5) is 23.8. The number of aliphatic hydroxyl groups excluding tert-OH is 1. The lowest BCUT2D eigenvalue weighted by atomic mass is 9.87. The van der Waals surface area contributed by atoms with E-state index in [9.17, 15) is 14.3 Å². The summed E-state index contributed by atoms with van der Waals surface area (Å²) in [5.41, 5.74) is 1.82. The number of carbonyl (C=O) groups is 1. The lowest BCUT2D eigenvalue weighted by Crippen LogP contribution is -2.56. The van der Waals surface area contributed by atoms with Crippen LogP contribution in [0, 0.1) is 23.9 Å². The van der Waals surface area contributed by atoms with E-state index in [2.05, 4.69) is 19.6 Å². The molecule has 2 heterocycles. The normalized spacial score (nSPS) is 20.6. The lowest BCUT2D eigenvalue weighted by Gasteiger charge is -2.44. The Bertz CT molecular complexity index is 1020. The van der Waals surface area contributed by atoms with E-state index in [-0.39, 0.29) is 29.7 Å². The molecule has 0 amide bonds. The van der Waals surface area contributed by atoms with Crippen LogP contribution in [0.5, 0.6) is 5.75 Å². The molecule has 0 aromatic heterocycles. The van der Waals surface area contributed by atoms with Gasteiger partial charge < -0.3 is 9.84 Å². The molecule has 2 aromatic rings. The monoisotopic (exact) mass is 516 g/mol. The zero-order valence-corrected chi connectivity index (χ0v) is 20.8. The Morgan fingerprint density at radius 2 is 1.59 bits per heavy atom. The van der Waals surface area contributed by atoms with Gasteiger partial charge in [0.2, 0.25) is 12.2 Å². The lowest BCUT2D eigenvalue weighted by molar-refractivity contribution is -0.188. The number of piperidine rings is 2. The first kappa shape index (κ1) is 28.4. The Morgan fingerprint density at radius 1 is 0.973 bits per heavy atom. The molecule has 37 heavy (non-hydrogen) atoms. The Kier molecular flexibility index (Phi) is 11.1. The SMILES string of the molecule is COc1ccc(C(=O)C2CCN(C3CN(Cc4ccc(F)cc4)CCC3O)CC2)cc1.OOC#COO. The second kappa shape index (κ2) is 14.5. The summed E-state index contributed by atoms with van der Waals surface area (Å²) < 4.78 is 18.3. The molecule has 0 radical (unpaired) electrons. The average Bonchev–Trinajstić information content (AvgIpc) is 2.94. The highest BCUT2D eigenvalue weighted by Crippen LogP contribution is 2.27. The second-order valence-electron chi connectivity index (χ2n) is 9.07. The number of hydrogen-bond acceptors (Lipinski definition) is 9. The van der Waals surface area contributed by atoms with Gasteiger partial charge in [0, 0.05) is 37.2 Å². The Hall–Kier alpha value is -3.20. The number of Topliss-reactive ketones (excluding diaryl/α,β-unsaturated/α-hetero) is 1. The highest BCUT2D eigenvalue weighted by molar-refractivity contribution is 5.98. The van der Waals surface area contributed by atoms with Gasteiger partial charge in [-0.2, -0.15) is 10.5 Å². The van der Waals surface area contributed by atoms with Gasteiger partial charge in [0.05, 0.1) is 13.2 Å². The largest absolute Gasteiger partial charge is 0.497 e. The van der Waals surface area contributed by atoms with Crippen LogP contribution in [0.1, 0.15) is 35.2 Å². The van der Waals surface area contributed by atoms with Gasteiger partial charge in [0.15, 0.2) is 5.78 Å². The summed E-state index contributed by atoms with van der Waals surface area (Å²) in [5.74, 6) is 0.760. The van der Waals surface area contributed by atoms with Gasteiger partial charge in [-0.1, -0.05) is 12.1 Å². The number of halogens is 1. The van der Waals surface area contributed by atoms with Crippen LogP contribution in [0.4, 0.5) is 4.39 Å². The van der Waals surface area contributed by atoms with Crippen molar-refractivity contribution in [3.05, 3.63) is 65.5 Å². The minimum absolute atomic E-state index is 0.0284. The molecular formula is C27H33FN2O7. The maximum absolute atomic E-state index is 13.2. The molecule has 2 aliphatic rings. The minimum atomic E-state index is -0.349. The number of aliphatic hydroxyl groups is 1. The number of ether oxygens (including phenoxy) is 1. The molecule has 10 heteroatoms. The Morgan fingerprint density at radius 3 is 2.16 bits per heavy atom. The number of ketones is 1. The van der Waals surface area contributed by atoms with Gasteiger partial charge in [0.25, 0.3) is 0 Å². The number of benzene rings is 2. The van der Waals surface area contributed by atoms with Crippen molar-refractivity contribution in [2.75, 3.05) is 33.3 Å². The Labute approximate surface area is 215 Å². The van der Waals surface area contributed by atoms with Crippen molar-refractivity contribution in [2.24, 2.45) is 5.92 Å². The van der Waals surface area contributed by atoms with Gasteiger partial charge in [-0.05, 0) is 74.3 Å². The highest BCUT2D eigenvalue weighted by Gasteiger charge is 2.35. The van der Waals surface area contributed by atoms with Crippen molar-refractivity contribution < 1.29 is 39.3 Å². The van der Waals surface area contributed by atoms with Crippen LogP contribution < -0.4 is 4.74 Å². The molecule has 0 bridgehead atoms. The molecule has 2 saturated heterocycles. The summed E-state index contributed by atoms with van der Waals surface area (Å²) in [5, 5.41) is 25.3. The summed E-state index contributed by atoms with van der Waals surface area (Å²) in [6, 6.07) is 14.1. The van der Waals surface area contributed by atoms with E-state index in [1.54, 1.807) is 7.11 Å². The summed E-state index contributed by atoms with van der Waals surface area (Å²) >= 11 is 0. The van der Waals surface area contributed by atoms with Crippen molar-refractivity contribution in [3.8, 4) is 18.0 Å². The summed E-state index contributed by atoms with van der Waals surface area (Å²) in [6.07, 6.45) is 5.07. The third-order valence-corrected chi connectivity index (χ3v) is 6.83. The zero-order chi connectivity index (χ0) is 26.6. The molecule has 2 atom stereocenters. The fourth-order valence-corrected chi connectivity index (χ4v) is 4.86. The molecule has 4 rings (SSSR count). The molecule has 0 saturated carbocycles. The van der Waals surface area contributed by atoms with Crippen LogP contribution in [0.15, 0.2) is 48.5 Å². The maximum atomic E-state index is 13.2. The molecule has 2 unspecified atom stereocenters. The fourth-order valence-electron chi connectivity index (χ4n) is 4.86. The van der Waals surface area contributed by atoms with Crippen molar-refractivity contribution >= 4 is 5.78 Å². The van der Waals surface area contributed by atoms with Crippen LogP contribution in [0.2, 0.25) is 0 Å². The van der Waals surface area contributed by atoms with Crippen LogP contribution in [0.25, 0.3) is 0 Å². The quantitative estimate of drug-likeness (QED) is 0.231. The van der Waals surface area contributed by atoms with E-state index in [0.29, 0.717) is 0 Å². The smallest absolute Gasteiger partial charge is 0.204 e. The van der Waals surface area contributed by atoms with Crippen LogP contribution in [0.3, 0.4) is 0 Å². The van der Waals surface area contributed by atoms with E-state index in [1.165, 1.54) is 24.3 Å². The van der Waals surface area contributed by atoms with Gasteiger partial charge in [0.1, 0.15) is 11.6 Å². The van der Waals surface area contributed by atoms with Crippen molar-refractivity contribution in [1.82, 2.24) is 9.80 Å². The standard InChI is InChI=1S/C25H31FN2O3.C2H2O4/c1-31-22-8-4-19(5-9-22)25(30)20-10-14-28(15-11-20)23-17-27(13-12-24(23)29)16-18-2-6-21(26)7-3-18;3-5-1-2-6-4/h2-9,20,23-24,29H,10-17H2,1H3;3-4H. The first-order chi connectivity index (χ1) is 17.9. The third-order valence-electron chi connectivity index (χ3n) is 6.83. The summed E-state index contributed by atoms with van der Waals surface area (Å²) in [7, 11) is 1.62. The van der Waals surface area contributed by atoms with Crippen molar-refractivity contribution in [2.45, 2.75) is 38.0 Å². The molecule has 0 spiro atoms. The van der Waals surface area contributed by atoms with E-state index >= 15 is 0 Å². The van der Waals surface area contributed by atoms with Crippen LogP contribution in [-0.4, -0.2) is 76.6 Å². The zero-order valence-electron chi connectivity index (χ0n) is 20.8. The van der Waals surface area contributed by atoms with Crippen LogP contribution in [-0.2, 0) is 16.3 Å². The molecule has 0 aliphatic carbocycles. The molecule has 3 N–H and O–H groups in total. The number of nitrogens with zero attached hydrogens (tertiary/aromatic N) is 2. The molecular weight excluding hydrogens is 483 g/mol. The molecule has 9 nitrogen and oxygen atoms in total. The van der Waals surface area contributed by atoms with Crippen LogP contribution >= 0.6 is 0 Å². The number of likely N-dealkylation sites (tertiary alicyclic amines) is 2. The molecule has 200 valence electrons. The Balaban J connectivity index is 0.000000568. The van der Waals surface area contributed by atoms with Gasteiger partial charge >= 0.3 is 0 Å². The van der Waals surface area contributed by atoms with Crippen molar-refractivity contribution in [3.63, 3.8) is 0 Å². The minimum Gasteiger partial charge on any atom is -0.497 e. The fraction of sp³-hybridized carbons (Fsp3) is 0.444. The number of carbonyl (C=O) groups excluding carboxylic acids is 1. The molecule has 2 aliphatic heterocycles. The maximum Gasteiger partial charge on any atom is 0.204 e. The second-order valence-corrected chi connectivity index (χ2v) is 9.07. The van der Waals surface area contributed by atoms with Gasteiger partial charge in [-0.15, -0.1) is 0 Å². The van der Waals surface area contributed by atoms with E-state index in [1.807, 2.05) is 36.4 Å². The first-order valence-corrected chi connectivity index (χ1v) is 12.1. The third kappa shape index (κ3) is 8.42. The van der Waals surface area contributed by atoms with E-state index in [4.69, 9.17) is 15.3 Å². The van der Waals surface area contributed by atoms with Gasteiger partial charge in [-0.25, -0.2) is 4.39 Å². The number of rotatable bonds is 6. The summed E-state index contributed by atoms with van der Waals surface area (Å²) in [6.45, 7) is 4.02. The molecule has 2 fully saturated rings. The average molecular weight is 517 g/mol. The van der Waals surface area contributed by atoms with E-state index in [0.717, 1.165) is 68.9 Å². The first-order valence-electron chi connectivity index (χ1n) is 12.1. The van der Waals surface area contributed by atoms with Gasteiger partial charge in [-0.3, -0.25) is 24.4 Å². The number of hydrogen-bond donors (Lipinski definition) is 3. The van der Waals surface area contributed by atoms with E-state index < -0.39 is 0 Å². The molecule has 2 aromatic carbocycles.